The van der Waals surface area contributed by atoms with Crippen molar-refractivity contribution in [3.8, 4) is 0 Å². The van der Waals surface area contributed by atoms with Gasteiger partial charge in [-0.25, -0.2) is 9.98 Å². The first-order valence-corrected chi connectivity index (χ1v) is 9.98. The zero-order valence-corrected chi connectivity index (χ0v) is 18.6. The molecule has 7 nitrogen and oxygen atoms in total. The molecule has 0 bridgehead atoms. The quantitative estimate of drug-likeness (QED) is 0.355. The maximum absolute atomic E-state index is 4.67. The average Bonchev–Trinajstić information content (AvgIpc) is 3.26. The van der Waals surface area contributed by atoms with E-state index in [-0.39, 0.29) is 24.0 Å². The molecule has 1 aliphatic heterocycles. The van der Waals surface area contributed by atoms with Crippen LogP contribution >= 0.6 is 35.3 Å². The van der Waals surface area contributed by atoms with E-state index in [1.165, 1.54) is 22.7 Å². The zero-order chi connectivity index (χ0) is 17.5. The summed E-state index contributed by atoms with van der Waals surface area (Å²) in [5.74, 6) is 2.88. The number of halogens is 1. The molecular formula is C17H28IN7S. The van der Waals surface area contributed by atoms with Crippen molar-refractivity contribution in [3.05, 3.63) is 27.7 Å². The summed E-state index contributed by atoms with van der Waals surface area (Å²) in [7, 11) is 0. The molecule has 0 radical (unpaired) electrons. The van der Waals surface area contributed by atoms with Crippen molar-refractivity contribution < 1.29 is 0 Å². The van der Waals surface area contributed by atoms with Crippen LogP contribution in [0, 0.1) is 0 Å². The summed E-state index contributed by atoms with van der Waals surface area (Å²) in [4.78, 5) is 10.5. The minimum absolute atomic E-state index is 0. The molecule has 0 spiro atoms. The fourth-order valence-electron chi connectivity index (χ4n) is 2.89. The molecule has 0 unspecified atom stereocenters. The van der Waals surface area contributed by atoms with Gasteiger partial charge in [0.1, 0.15) is 12.4 Å². The number of aryl methyl sites for hydroxylation is 2. The Hall–Kier alpha value is -1.23. The molecule has 0 saturated carbocycles. The van der Waals surface area contributed by atoms with Crippen molar-refractivity contribution in [3.63, 3.8) is 0 Å². The van der Waals surface area contributed by atoms with E-state index in [1.54, 1.807) is 11.3 Å². The van der Waals surface area contributed by atoms with Gasteiger partial charge in [0.2, 0.25) is 0 Å². The highest BCUT2D eigenvalue weighted by molar-refractivity contribution is 14.0. The highest BCUT2D eigenvalue weighted by Crippen LogP contribution is 2.15. The number of nitrogens with zero attached hydrogens (tertiary/aromatic N) is 5. The van der Waals surface area contributed by atoms with Gasteiger partial charge in [-0.3, -0.25) is 0 Å². The van der Waals surface area contributed by atoms with Crippen LogP contribution < -0.4 is 10.6 Å². The van der Waals surface area contributed by atoms with Gasteiger partial charge in [0, 0.05) is 43.5 Å². The summed E-state index contributed by atoms with van der Waals surface area (Å²) in [5, 5.41) is 16.5. The molecule has 9 heteroatoms. The fourth-order valence-corrected chi connectivity index (χ4v) is 3.75. The smallest absolute Gasteiger partial charge is 0.191 e. The summed E-state index contributed by atoms with van der Waals surface area (Å²) in [5.41, 5.74) is 0. The van der Waals surface area contributed by atoms with Crippen LogP contribution in [0.4, 0.5) is 0 Å². The average molecular weight is 489 g/mol. The second-order valence-electron chi connectivity index (χ2n) is 6.09. The maximum Gasteiger partial charge on any atom is 0.191 e. The van der Waals surface area contributed by atoms with Crippen LogP contribution in [-0.2, 0) is 32.4 Å². The van der Waals surface area contributed by atoms with E-state index in [4.69, 9.17) is 0 Å². The molecule has 0 saturated heterocycles. The summed E-state index contributed by atoms with van der Waals surface area (Å²) in [6.07, 6.45) is 7.39. The number of aromatic nitrogens is 4. The number of thiazole rings is 1. The van der Waals surface area contributed by atoms with Crippen LogP contribution in [0.15, 0.2) is 11.2 Å². The van der Waals surface area contributed by atoms with Gasteiger partial charge >= 0.3 is 0 Å². The summed E-state index contributed by atoms with van der Waals surface area (Å²) >= 11 is 1.79. The van der Waals surface area contributed by atoms with Gasteiger partial charge in [-0.15, -0.1) is 45.5 Å². The second-order valence-corrected chi connectivity index (χ2v) is 7.29. The minimum Gasteiger partial charge on any atom is -0.357 e. The van der Waals surface area contributed by atoms with E-state index < -0.39 is 0 Å². The molecule has 0 fully saturated rings. The van der Waals surface area contributed by atoms with Crippen molar-refractivity contribution in [1.29, 1.82) is 0 Å². The van der Waals surface area contributed by atoms with E-state index in [9.17, 15) is 0 Å². The van der Waals surface area contributed by atoms with Crippen LogP contribution in [0.5, 0.6) is 0 Å². The molecule has 0 amide bonds. The third-order valence-electron chi connectivity index (χ3n) is 4.24. The standard InChI is InChI=1S/C17H27N7S.HI/c1-3-13-11-20-16(25-13)8-9-19-17(18-4-2)21-12-15-23-22-14-7-5-6-10-24(14)15;/h11H,3-10,12H2,1-2H3,(H2,18,19,21);1H. The Morgan fingerprint density at radius 3 is 2.92 bits per heavy atom. The Morgan fingerprint density at radius 2 is 2.15 bits per heavy atom. The Kier molecular flexibility index (Phi) is 8.76. The number of nitrogens with one attached hydrogen (secondary N) is 2. The Morgan fingerprint density at radius 1 is 1.27 bits per heavy atom. The second kappa shape index (κ2) is 10.8. The molecule has 3 heterocycles. The predicted octanol–water partition coefficient (Wildman–Crippen LogP) is 2.55. The van der Waals surface area contributed by atoms with Gasteiger partial charge in [-0.1, -0.05) is 6.92 Å². The third-order valence-corrected chi connectivity index (χ3v) is 5.44. The Bertz CT molecular complexity index is 710. The highest BCUT2D eigenvalue weighted by atomic mass is 127. The molecule has 26 heavy (non-hydrogen) atoms. The van der Waals surface area contributed by atoms with Crippen LogP contribution in [0.25, 0.3) is 0 Å². The summed E-state index contributed by atoms with van der Waals surface area (Å²) < 4.78 is 2.22. The monoisotopic (exact) mass is 489 g/mol. The maximum atomic E-state index is 4.67. The summed E-state index contributed by atoms with van der Waals surface area (Å²) in [6.45, 7) is 7.46. The fraction of sp³-hybridized carbons (Fsp3) is 0.647. The van der Waals surface area contributed by atoms with Gasteiger partial charge in [0.25, 0.3) is 0 Å². The van der Waals surface area contributed by atoms with E-state index in [0.29, 0.717) is 6.54 Å². The van der Waals surface area contributed by atoms with Gasteiger partial charge < -0.3 is 15.2 Å². The normalized spacial score (nSPS) is 13.8. The zero-order valence-electron chi connectivity index (χ0n) is 15.5. The molecule has 2 aromatic heterocycles. The lowest BCUT2D eigenvalue weighted by molar-refractivity contribution is 0.508. The number of hydrogen-bond acceptors (Lipinski definition) is 5. The molecule has 0 atom stereocenters. The van der Waals surface area contributed by atoms with Gasteiger partial charge in [0.05, 0.1) is 5.01 Å². The molecule has 0 aromatic carbocycles. The van der Waals surface area contributed by atoms with Gasteiger partial charge in [-0.05, 0) is 26.2 Å². The minimum atomic E-state index is 0. The Balaban J connectivity index is 0.00000243. The molecule has 1 aliphatic rings. The number of hydrogen-bond donors (Lipinski definition) is 2. The predicted molar refractivity (Wildman–Crippen MR) is 116 cm³/mol. The largest absolute Gasteiger partial charge is 0.357 e. The highest BCUT2D eigenvalue weighted by Gasteiger charge is 2.15. The van der Waals surface area contributed by atoms with E-state index in [1.807, 2.05) is 6.20 Å². The van der Waals surface area contributed by atoms with Crippen molar-refractivity contribution in [2.24, 2.45) is 4.99 Å². The molecule has 144 valence electrons. The SMILES string of the molecule is CCNC(=NCc1nnc2n1CCCC2)NCCc1ncc(CC)s1.I. The first-order chi connectivity index (χ1) is 12.3. The Labute approximate surface area is 176 Å². The molecule has 2 aromatic rings. The first kappa shape index (κ1) is 21.1. The van der Waals surface area contributed by atoms with Gasteiger partial charge in [0.15, 0.2) is 11.8 Å². The molecule has 2 N–H and O–H groups in total. The number of aliphatic imine (C=N–C) groups is 1. The van der Waals surface area contributed by atoms with Crippen LogP contribution in [0.2, 0.25) is 0 Å². The van der Waals surface area contributed by atoms with Crippen LogP contribution in [0.1, 0.15) is 48.2 Å². The molecular weight excluding hydrogens is 461 g/mol. The lowest BCUT2D eigenvalue weighted by atomic mass is 10.2. The topological polar surface area (TPSA) is 80.0 Å². The van der Waals surface area contributed by atoms with Crippen LogP contribution in [-0.4, -0.2) is 38.8 Å². The molecule has 0 aliphatic carbocycles. The van der Waals surface area contributed by atoms with E-state index in [2.05, 4.69) is 49.2 Å². The number of rotatable bonds is 7. The number of guanidine groups is 1. The van der Waals surface area contributed by atoms with Crippen molar-refractivity contribution in [2.45, 2.75) is 59.0 Å². The number of fused-ring (bicyclic) bond motifs is 1. The lowest BCUT2D eigenvalue weighted by Crippen LogP contribution is -2.38. The first-order valence-electron chi connectivity index (χ1n) is 9.16. The van der Waals surface area contributed by atoms with E-state index >= 15 is 0 Å². The van der Waals surface area contributed by atoms with Crippen LogP contribution in [0.3, 0.4) is 0 Å². The molecule has 3 rings (SSSR count). The van der Waals surface area contributed by atoms with Crippen molar-refractivity contribution in [2.75, 3.05) is 13.1 Å². The van der Waals surface area contributed by atoms with Crippen molar-refractivity contribution >= 4 is 41.3 Å². The summed E-state index contributed by atoms with van der Waals surface area (Å²) in [6, 6.07) is 0. The lowest BCUT2D eigenvalue weighted by Gasteiger charge is -2.14. The van der Waals surface area contributed by atoms with Gasteiger partial charge in [-0.2, -0.15) is 0 Å². The third kappa shape index (κ3) is 5.63. The van der Waals surface area contributed by atoms with E-state index in [0.717, 1.165) is 56.5 Å². The van der Waals surface area contributed by atoms with Crippen molar-refractivity contribution in [1.82, 2.24) is 30.4 Å².